The molecule has 0 fully saturated rings. The molecule has 0 radical (unpaired) electrons. The third-order valence-corrected chi connectivity index (χ3v) is 2.91. The summed E-state index contributed by atoms with van der Waals surface area (Å²) in [4.78, 5) is 0. The average Bonchev–Trinajstić information content (AvgIpc) is 2.22. The zero-order valence-corrected chi connectivity index (χ0v) is 11.2. The summed E-state index contributed by atoms with van der Waals surface area (Å²) in [7, 11) is 1.97. The van der Waals surface area contributed by atoms with Crippen LogP contribution in [0.25, 0.3) is 0 Å². The molecule has 0 bridgehead atoms. The van der Waals surface area contributed by atoms with Gasteiger partial charge in [0.25, 0.3) is 0 Å². The third kappa shape index (κ3) is 3.69. The molecule has 1 aromatic rings. The number of hydrogen-bond acceptors (Lipinski definition) is 2. The van der Waals surface area contributed by atoms with Crippen molar-refractivity contribution in [3.63, 3.8) is 0 Å². The lowest BCUT2D eigenvalue weighted by atomic mass is 9.95. The lowest BCUT2D eigenvalue weighted by Crippen LogP contribution is -2.38. The number of hydrogen-bond donors (Lipinski definition) is 1. The maximum Gasteiger partial charge on any atom is 0.137 e. The molecule has 0 amide bonds. The summed E-state index contributed by atoms with van der Waals surface area (Å²) in [5.74, 6) is 0.759. The molecule has 90 valence electrons. The number of likely N-dealkylation sites (N-methyl/N-ethyl adjacent to an activating group) is 1. The van der Waals surface area contributed by atoms with Crippen molar-refractivity contribution in [1.29, 1.82) is 0 Å². The Labute approximate surface area is 103 Å². The maximum atomic E-state index is 6.13. The van der Waals surface area contributed by atoms with Crippen molar-refractivity contribution in [3.05, 3.63) is 28.8 Å². The van der Waals surface area contributed by atoms with Crippen LogP contribution in [0.3, 0.4) is 0 Å². The van der Waals surface area contributed by atoms with Gasteiger partial charge in [0, 0.05) is 5.54 Å². The molecular formula is C13H20ClNO. The van der Waals surface area contributed by atoms with Crippen molar-refractivity contribution in [2.75, 3.05) is 13.7 Å². The van der Waals surface area contributed by atoms with Crippen molar-refractivity contribution in [2.24, 2.45) is 0 Å². The number of nitrogens with one attached hydrogen (secondary N) is 1. The van der Waals surface area contributed by atoms with Crippen LogP contribution in [0.15, 0.2) is 18.2 Å². The van der Waals surface area contributed by atoms with E-state index in [0.29, 0.717) is 11.6 Å². The average molecular weight is 242 g/mol. The molecule has 0 aliphatic carbocycles. The number of rotatable bonds is 5. The van der Waals surface area contributed by atoms with E-state index in [4.69, 9.17) is 16.3 Å². The summed E-state index contributed by atoms with van der Waals surface area (Å²) in [5.41, 5.74) is 1.30. The summed E-state index contributed by atoms with van der Waals surface area (Å²) in [5, 5.41) is 3.96. The molecule has 2 nitrogen and oxygen atoms in total. The van der Waals surface area contributed by atoms with Gasteiger partial charge in [-0.3, -0.25) is 0 Å². The van der Waals surface area contributed by atoms with Gasteiger partial charge < -0.3 is 10.1 Å². The Bertz CT molecular complexity index is 350. The van der Waals surface area contributed by atoms with E-state index in [1.807, 2.05) is 26.1 Å². The van der Waals surface area contributed by atoms with Gasteiger partial charge in [-0.25, -0.2) is 0 Å². The van der Waals surface area contributed by atoms with Crippen LogP contribution in [0.2, 0.25) is 5.02 Å². The van der Waals surface area contributed by atoms with Crippen LogP contribution in [-0.4, -0.2) is 19.2 Å². The first-order chi connectivity index (χ1) is 7.48. The molecule has 0 heterocycles. The van der Waals surface area contributed by atoms with E-state index in [9.17, 15) is 0 Å². The maximum absolute atomic E-state index is 6.13. The highest BCUT2D eigenvalue weighted by atomic mass is 35.5. The van der Waals surface area contributed by atoms with Crippen LogP contribution in [0.1, 0.15) is 26.3 Å². The molecule has 1 N–H and O–H groups in total. The fourth-order valence-electron chi connectivity index (χ4n) is 1.53. The monoisotopic (exact) mass is 241 g/mol. The second-order valence-corrected chi connectivity index (χ2v) is 4.92. The van der Waals surface area contributed by atoms with E-state index < -0.39 is 0 Å². The Hall–Kier alpha value is -0.730. The fourth-order valence-corrected chi connectivity index (χ4v) is 1.78. The third-order valence-electron chi connectivity index (χ3n) is 2.62. The van der Waals surface area contributed by atoms with Gasteiger partial charge in [0.05, 0.1) is 11.6 Å². The SMILES string of the molecule is CCOc1ccc(CC(C)(C)NC)cc1Cl. The molecule has 16 heavy (non-hydrogen) atoms. The summed E-state index contributed by atoms with van der Waals surface area (Å²) in [6.07, 6.45) is 0.940. The van der Waals surface area contributed by atoms with Crippen LogP contribution in [0.4, 0.5) is 0 Å². The Morgan fingerprint density at radius 3 is 2.56 bits per heavy atom. The number of halogens is 1. The molecule has 1 aromatic carbocycles. The first-order valence-corrected chi connectivity index (χ1v) is 5.96. The zero-order chi connectivity index (χ0) is 12.2. The molecule has 0 atom stereocenters. The molecule has 3 heteroatoms. The molecule has 0 saturated heterocycles. The molecular weight excluding hydrogens is 222 g/mol. The minimum Gasteiger partial charge on any atom is -0.492 e. The van der Waals surface area contributed by atoms with E-state index in [1.165, 1.54) is 5.56 Å². The smallest absolute Gasteiger partial charge is 0.137 e. The largest absolute Gasteiger partial charge is 0.492 e. The highest BCUT2D eigenvalue weighted by Crippen LogP contribution is 2.26. The predicted molar refractivity (Wildman–Crippen MR) is 69.5 cm³/mol. The summed E-state index contributed by atoms with van der Waals surface area (Å²) >= 11 is 6.13. The Morgan fingerprint density at radius 1 is 1.38 bits per heavy atom. The van der Waals surface area contributed by atoms with Gasteiger partial charge >= 0.3 is 0 Å². The van der Waals surface area contributed by atoms with Crippen LogP contribution in [0, 0.1) is 0 Å². The first kappa shape index (κ1) is 13.3. The standard InChI is InChI=1S/C13H20ClNO/c1-5-16-12-7-6-10(8-11(12)14)9-13(2,3)15-4/h6-8,15H,5,9H2,1-4H3. The van der Waals surface area contributed by atoms with E-state index in [0.717, 1.165) is 12.2 Å². The predicted octanol–water partition coefficient (Wildman–Crippen LogP) is 3.28. The van der Waals surface area contributed by atoms with Gasteiger partial charge in [-0.1, -0.05) is 17.7 Å². The van der Waals surface area contributed by atoms with Crippen LogP contribution in [0.5, 0.6) is 5.75 Å². The molecule has 0 spiro atoms. The molecule has 0 saturated carbocycles. The van der Waals surface area contributed by atoms with E-state index in [1.54, 1.807) is 0 Å². The minimum absolute atomic E-state index is 0.0798. The van der Waals surface area contributed by atoms with Crippen LogP contribution < -0.4 is 10.1 Å². The summed E-state index contributed by atoms with van der Waals surface area (Å²) in [6, 6.07) is 5.98. The van der Waals surface area contributed by atoms with E-state index in [-0.39, 0.29) is 5.54 Å². The summed E-state index contributed by atoms with van der Waals surface area (Å²) in [6.45, 7) is 6.92. The van der Waals surface area contributed by atoms with Crippen molar-refractivity contribution >= 4 is 11.6 Å². The van der Waals surface area contributed by atoms with E-state index in [2.05, 4.69) is 25.2 Å². The highest BCUT2D eigenvalue weighted by Gasteiger charge is 2.16. The highest BCUT2D eigenvalue weighted by molar-refractivity contribution is 6.32. The van der Waals surface area contributed by atoms with Crippen molar-refractivity contribution in [1.82, 2.24) is 5.32 Å². The normalized spacial score (nSPS) is 11.6. The van der Waals surface area contributed by atoms with Gasteiger partial charge in [0.15, 0.2) is 0 Å². The summed E-state index contributed by atoms with van der Waals surface area (Å²) < 4.78 is 5.40. The fraction of sp³-hybridized carbons (Fsp3) is 0.538. The Balaban J connectivity index is 2.81. The quantitative estimate of drug-likeness (QED) is 0.854. The second kappa shape index (κ2) is 5.55. The van der Waals surface area contributed by atoms with Gasteiger partial charge in [-0.2, -0.15) is 0 Å². The minimum atomic E-state index is 0.0798. The van der Waals surface area contributed by atoms with Gasteiger partial charge in [-0.15, -0.1) is 0 Å². The van der Waals surface area contributed by atoms with Crippen LogP contribution in [-0.2, 0) is 6.42 Å². The Morgan fingerprint density at radius 2 is 2.06 bits per heavy atom. The molecule has 0 aromatic heterocycles. The van der Waals surface area contributed by atoms with Crippen molar-refractivity contribution in [3.8, 4) is 5.75 Å². The number of ether oxygens (including phenoxy) is 1. The second-order valence-electron chi connectivity index (χ2n) is 4.51. The van der Waals surface area contributed by atoms with Gasteiger partial charge in [0.2, 0.25) is 0 Å². The number of benzene rings is 1. The molecule has 1 rings (SSSR count). The van der Waals surface area contributed by atoms with Crippen molar-refractivity contribution < 1.29 is 4.74 Å². The lowest BCUT2D eigenvalue weighted by molar-refractivity contribution is 0.340. The molecule has 0 unspecified atom stereocenters. The molecule has 0 aliphatic heterocycles. The zero-order valence-electron chi connectivity index (χ0n) is 10.4. The van der Waals surface area contributed by atoms with Crippen molar-refractivity contribution in [2.45, 2.75) is 32.7 Å². The lowest BCUT2D eigenvalue weighted by Gasteiger charge is -2.24. The van der Waals surface area contributed by atoms with Gasteiger partial charge in [0.1, 0.15) is 5.75 Å². The topological polar surface area (TPSA) is 21.3 Å². The Kier molecular flexibility index (Phi) is 4.63. The molecule has 0 aliphatic rings. The first-order valence-electron chi connectivity index (χ1n) is 5.58. The van der Waals surface area contributed by atoms with E-state index >= 15 is 0 Å². The van der Waals surface area contributed by atoms with Gasteiger partial charge in [-0.05, 0) is 51.9 Å². The van der Waals surface area contributed by atoms with Crippen LogP contribution >= 0.6 is 11.6 Å².